The lowest BCUT2D eigenvalue weighted by atomic mass is 9.99. The lowest BCUT2D eigenvalue weighted by Crippen LogP contribution is -2.24. The highest BCUT2D eigenvalue weighted by Crippen LogP contribution is 2.38. The van der Waals surface area contributed by atoms with Gasteiger partial charge in [-0.15, -0.1) is 0 Å². The Hall–Kier alpha value is -0.860. The van der Waals surface area contributed by atoms with Gasteiger partial charge in [0.25, 0.3) is 0 Å². The van der Waals surface area contributed by atoms with E-state index in [1.54, 1.807) is 0 Å². The predicted molar refractivity (Wildman–Crippen MR) is 64.4 cm³/mol. The maximum Gasteiger partial charge on any atom is 0.193 e. The van der Waals surface area contributed by atoms with Crippen LogP contribution < -0.4 is 0 Å². The minimum absolute atomic E-state index is 0.144. The van der Waals surface area contributed by atoms with E-state index in [0.717, 1.165) is 5.56 Å². The zero-order valence-electron chi connectivity index (χ0n) is 10.7. The molecule has 1 fully saturated rings. The smallest absolute Gasteiger partial charge is 0.193 e. The van der Waals surface area contributed by atoms with Crippen molar-refractivity contribution in [2.45, 2.75) is 52.6 Å². The van der Waals surface area contributed by atoms with Crippen LogP contribution in [0.2, 0.25) is 0 Å². The van der Waals surface area contributed by atoms with Crippen LogP contribution in [0.4, 0.5) is 0 Å². The minimum Gasteiger partial charge on any atom is -0.340 e. The Labute approximate surface area is 97.6 Å². The molecule has 2 nitrogen and oxygen atoms in total. The maximum atomic E-state index is 5.95. The lowest BCUT2D eigenvalue weighted by molar-refractivity contribution is -0.167. The van der Waals surface area contributed by atoms with Gasteiger partial charge in [-0.05, 0) is 40.2 Å². The minimum atomic E-state index is -0.587. The molecule has 1 aromatic carbocycles. The van der Waals surface area contributed by atoms with Gasteiger partial charge in [0.2, 0.25) is 0 Å². The summed E-state index contributed by atoms with van der Waals surface area (Å²) in [5.41, 5.74) is 3.63. The van der Waals surface area contributed by atoms with Crippen LogP contribution in [-0.4, -0.2) is 12.2 Å². The topological polar surface area (TPSA) is 18.5 Å². The third-order valence-electron chi connectivity index (χ3n) is 3.35. The molecule has 2 atom stereocenters. The van der Waals surface area contributed by atoms with Gasteiger partial charge < -0.3 is 9.47 Å². The van der Waals surface area contributed by atoms with E-state index < -0.39 is 5.79 Å². The molecule has 0 spiro atoms. The molecule has 0 unspecified atom stereocenters. The van der Waals surface area contributed by atoms with Crippen LogP contribution in [0.5, 0.6) is 0 Å². The Bertz CT molecular complexity index is 388. The van der Waals surface area contributed by atoms with Crippen LogP contribution in [-0.2, 0) is 15.3 Å². The third-order valence-corrected chi connectivity index (χ3v) is 3.35. The Kier molecular flexibility index (Phi) is 2.81. The number of benzene rings is 1. The highest BCUT2D eigenvalue weighted by Gasteiger charge is 2.42. The highest BCUT2D eigenvalue weighted by atomic mass is 16.8. The van der Waals surface area contributed by atoms with E-state index in [-0.39, 0.29) is 12.2 Å². The monoisotopic (exact) mass is 220 g/mol. The Morgan fingerprint density at radius 1 is 1.06 bits per heavy atom. The Balaban J connectivity index is 2.37. The molecule has 16 heavy (non-hydrogen) atoms. The van der Waals surface area contributed by atoms with E-state index in [0.29, 0.717) is 0 Å². The van der Waals surface area contributed by atoms with Gasteiger partial charge in [0, 0.05) is 5.56 Å². The molecule has 0 radical (unpaired) electrons. The quantitative estimate of drug-likeness (QED) is 0.723. The molecule has 1 saturated heterocycles. The number of hydrogen-bond acceptors (Lipinski definition) is 2. The van der Waals surface area contributed by atoms with Crippen LogP contribution in [0.1, 0.15) is 37.5 Å². The van der Waals surface area contributed by atoms with Crippen molar-refractivity contribution in [1.29, 1.82) is 0 Å². The summed E-state index contributed by atoms with van der Waals surface area (Å²) in [6.45, 7) is 10.3. The average molecular weight is 220 g/mol. The number of hydrogen-bond donors (Lipinski definition) is 0. The summed E-state index contributed by atoms with van der Waals surface area (Å²) in [4.78, 5) is 0. The molecule has 0 aliphatic carbocycles. The van der Waals surface area contributed by atoms with Gasteiger partial charge in [0.1, 0.15) is 0 Å². The molecule has 0 aromatic heterocycles. The summed E-state index contributed by atoms with van der Waals surface area (Å²) in [5, 5.41) is 0. The van der Waals surface area contributed by atoms with E-state index >= 15 is 0 Å². The molecule has 1 aliphatic heterocycles. The summed E-state index contributed by atoms with van der Waals surface area (Å²) in [6, 6.07) is 6.38. The first kappa shape index (κ1) is 11.6. The molecule has 0 amide bonds. The van der Waals surface area contributed by atoms with Gasteiger partial charge in [0.15, 0.2) is 5.79 Å². The molecule has 2 heteroatoms. The largest absolute Gasteiger partial charge is 0.340 e. The van der Waals surface area contributed by atoms with Crippen molar-refractivity contribution in [1.82, 2.24) is 0 Å². The first-order chi connectivity index (χ1) is 7.42. The van der Waals surface area contributed by atoms with Crippen LogP contribution in [0, 0.1) is 13.8 Å². The lowest BCUT2D eigenvalue weighted by Gasteiger charge is -2.25. The SMILES string of the molecule is Cc1ccc(C2(C)O[C@H](C)[C@@H](C)O2)c(C)c1. The van der Waals surface area contributed by atoms with Crippen molar-refractivity contribution in [2.75, 3.05) is 0 Å². The summed E-state index contributed by atoms with van der Waals surface area (Å²) in [6.07, 6.45) is 0.288. The van der Waals surface area contributed by atoms with Crippen molar-refractivity contribution in [2.24, 2.45) is 0 Å². The maximum absolute atomic E-state index is 5.95. The van der Waals surface area contributed by atoms with E-state index in [4.69, 9.17) is 9.47 Å². The molecule has 1 heterocycles. The summed E-state index contributed by atoms with van der Waals surface area (Å²) < 4.78 is 11.9. The summed E-state index contributed by atoms with van der Waals surface area (Å²) >= 11 is 0. The first-order valence-corrected chi connectivity index (χ1v) is 5.86. The predicted octanol–water partition coefficient (Wildman–Crippen LogP) is 3.30. The van der Waals surface area contributed by atoms with E-state index in [1.807, 2.05) is 6.92 Å². The molecular weight excluding hydrogens is 200 g/mol. The normalized spacial score (nSPS) is 28.3. The van der Waals surface area contributed by atoms with Crippen LogP contribution in [0.3, 0.4) is 0 Å². The Morgan fingerprint density at radius 2 is 1.62 bits per heavy atom. The van der Waals surface area contributed by atoms with Gasteiger partial charge in [-0.3, -0.25) is 0 Å². The van der Waals surface area contributed by atoms with Gasteiger partial charge in [0.05, 0.1) is 12.2 Å². The molecule has 1 aromatic rings. The van der Waals surface area contributed by atoms with E-state index in [9.17, 15) is 0 Å². The van der Waals surface area contributed by atoms with E-state index in [1.165, 1.54) is 11.1 Å². The second-order valence-electron chi connectivity index (χ2n) is 4.91. The molecule has 0 saturated carbocycles. The van der Waals surface area contributed by atoms with Crippen molar-refractivity contribution in [3.8, 4) is 0 Å². The third kappa shape index (κ3) is 1.87. The summed E-state index contributed by atoms with van der Waals surface area (Å²) in [5.74, 6) is -0.587. The fourth-order valence-electron chi connectivity index (χ4n) is 2.38. The van der Waals surface area contributed by atoms with Crippen LogP contribution >= 0.6 is 0 Å². The van der Waals surface area contributed by atoms with E-state index in [2.05, 4.69) is 45.9 Å². The zero-order chi connectivity index (χ0) is 11.9. The zero-order valence-corrected chi connectivity index (χ0v) is 10.7. The fraction of sp³-hybridized carbons (Fsp3) is 0.571. The molecule has 0 bridgehead atoms. The molecule has 88 valence electrons. The van der Waals surface area contributed by atoms with Gasteiger partial charge in [-0.2, -0.15) is 0 Å². The van der Waals surface area contributed by atoms with Crippen molar-refractivity contribution < 1.29 is 9.47 Å². The standard InChI is InChI=1S/C14H20O2/c1-9-6-7-13(10(2)8-9)14(5)15-11(3)12(4)16-14/h6-8,11-12H,1-5H3/t11-,12-/m1/s1. The second-order valence-corrected chi connectivity index (χ2v) is 4.91. The average Bonchev–Trinajstić information content (AvgIpc) is 2.41. The van der Waals surface area contributed by atoms with Gasteiger partial charge >= 0.3 is 0 Å². The molecule has 0 N–H and O–H groups in total. The van der Waals surface area contributed by atoms with Crippen molar-refractivity contribution in [3.63, 3.8) is 0 Å². The van der Waals surface area contributed by atoms with Gasteiger partial charge in [-0.25, -0.2) is 0 Å². The van der Waals surface area contributed by atoms with Crippen molar-refractivity contribution >= 4 is 0 Å². The van der Waals surface area contributed by atoms with Crippen LogP contribution in [0.25, 0.3) is 0 Å². The molecule has 1 aliphatic rings. The molecule has 2 rings (SSSR count). The number of ether oxygens (including phenoxy) is 2. The highest BCUT2D eigenvalue weighted by molar-refractivity contribution is 5.33. The summed E-state index contributed by atoms with van der Waals surface area (Å²) in [7, 11) is 0. The first-order valence-electron chi connectivity index (χ1n) is 5.86. The van der Waals surface area contributed by atoms with Crippen molar-refractivity contribution in [3.05, 3.63) is 34.9 Å². The van der Waals surface area contributed by atoms with Crippen LogP contribution in [0.15, 0.2) is 18.2 Å². The second kappa shape index (κ2) is 3.86. The number of aryl methyl sites for hydroxylation is 2. The fourth-order valence-corrected chi connectivity index (χ4v) is 2.38. The van der Waals surface area contributed by atoms with Gasteiger partial charge in [-0.1, -0.05) is 23.8 Å². The molecular formula is C14H20O2. The Morgan fingerprint density at radius 3 is 2.12 bits per heavy atom. The number of rotatable bonds is 1.